The Morgan fingerprint density at radius 1 is 1.19 bits per heavy atom. The van der Waals surface area contributed by atoms with Gasteiger partial charge in [0.25, 0.3) is 0 Å². The van der Waals surface area contributed by atoms with Crippen LogP contribution in [0.4, 0.5) is 18.0 Å². The van der Waals surface area contributed by atoms with Crippen LogP contribution >= 0.6 is 0 Å². The third kappa shape index (κ3) is 5.67. The molecule has 0 aromatic carbocycles. The van der Waals surface area contributed by atoms with E-state index in [1.54, 1.807) is 46.8 Å². The summed E-state index contributed by atoms with van der Waals surface area (Å²) in [6.45, 7) is 8.74. The predicted octanol–water partition coefficient (Wildman–Crippen LogP) is 5.06. The number of amides is 1. The molecule has 27 heavy (non-hydrogen) atoms. The predicted molar refractivity (Wildman–Crippen MR) is 95.0 cm³/mol. The van der Waals surface area contributed by atoms with E-state index in [0.717, 1.165) is 12.3 Å². The number of pyridine rings is 2. The van der Waals surface area contributed by atoms with Crippen molar-refractivity contribution in [2.45, 2.75) is 52.4 Å². The number of rotatable bonds is 3. The molecule has 0 aliphatic rings. The molecule has 0 spiro atoms. The van der Waals surface area contributed by atoms with E-state index in [0.29, 0.717) is 22.5 Å². The first-order valence-electron chi connectivity index (χ1n) is 8.37. The van der Waals surface area contributed by atoms with Gasteiger partial charge in [0, 0.05) is 17.5 Å². The molecule has 0 bridgehead atoms. The van der Waals surface area contributed by atoms with E-state index in [2.05, 4.69) is 15.3 Å². The summed E-state index contributed by atoms with van der Waals surface area (Å²) in [5, 5.41) is 2.69. The molecule has 0 saturated carbocycles. The maximum Gasteiger partial charge on any atom is 0.433 e. The van der Waals surface area contributed by atoms with Crippen LogP contribution in [-0.4, -0.2) is 21.7 Å². The van der Waals surface area contributed by atoms with Crippen LogP contribution in [0.1, 0.15) is 50.8 Å². The maximum atomic E-state index is 12.9. The number of aromatic nitrogens is 2. The van der Waals surface area contributed by atoms with E-state index in [1.165, 1.54) is 6.07 Å². The van der Waals surface area contributed by atoms with E-state index in [-0.39, 0.29) is 0 Å². The van der Waals surface area contributed by atoms with Gasteiger partial charge in [0.2, 0.25) is 0 Å². The Balaban J connectivity index is 2.22. The number of nitrogens with zero attached hydrogens (tertiary/aromatic N) is 2. The van der Waals surface area contributed by atoms with Crippen molar-refractivity contribution in [3.8, 4) is 11.1 Å². The number of ether oxygens (including phenoxy) is 1. The zero-order valence-electron chi connectivity index (χ0n) is 15.8. The minimum Gasteiger partial charge on any atom is -0.444 e. The maximum absolute atomic E-state index is 12.9. The molecule has 0 aliphatic heterocycles. The smallest absolute Gasteiger partial charge is 0.433 e. The van der Waals surface area contributed by atoms with Gasteiger partial charge in [0.05, 0.1) is 11.7 Å². The number of hydrogen-bond donors (Lipinski definition) is 1. The summed E-state index contributed by atoms with van der Waals surface area (Å²) in [6.07, 6.45) is -3.95. The van der Waals surface area contributed by atoms with Crippen molar-refractivity contribution in [3.05, 3.63) is 47.5 Å². The Morgan fingerprint density at radius 2 is 1.85 bits per heavy atom. The lowest BCUT2D eigenvalue weighted by molar-refractivity contribution is -0.141. The third-order valence-corrected chi connectivity index (χ3v) is 3.65. The zero-order chi connectivity index (χ0) is 20.4. The molecule has 1 atom stereocenters. The first kappa shape index (κ1) is 20.7. The van der Waals surface area contributed by atoms with Gasteiger partial charge in [-0.15, -0.1) is 0 Å². The molecule has 146 valence electrons. The second kappa shape index (κ2) is 7.54. The minimum absolute atomic E-state index is 0.377. The van der Waals surface area contributed by atoms with Crippen molar-refractivity contribution < 1.29 is 22.7 Å². The number of aryl methyl sites for hydroxylation is 1. The first-order chi connectivity index (χ1) is 12.4. The van der Waals surface area contributed by atoms with Gasteiger partial charge in [-0.2, -0.15) is 13.2 Å². The molecule has 1 amide bonds. The normalized spacial score (nSPS) is 13.2. The molecule has 5 nitrogen and oxygen atoms in total. The highest BCUT2D eigenvalue weighted by atomic mass is 19.4. The Kier molecular flexibility index (Phi) is 5.77. The van der Waals surface area contributed by atoms with E-state index in [9.17, 15) is 18.0 Å². The number of alkyl halides is 3. The largest absolute Gasteiger partial charge is 0.444 e. The average molecular weight is 381 g/mol. The molecule has 0 aliphatic carbocycles. The van der Waals surface area contributed by atoms with Gasteiger partial charge in [-0.3, -0.25) is 9.97 Å². The standard InChI is InChI=1S/C19H22F3N3O2/c1-11-14(13-8-9-23-16(10-13)19(20,21)22)6-7-15(24-11)12(2)25-17(26)27-18(3,4)5/h6-10,12H,1-5H3,(H,25,26)/t12-/m0/s1. The van der Waals surface area contributed by atoms with Gasteiger partial charge in [-0.1, -0.05) is 6.07 Å². The van der Waals surface area contributed by atoms with E-state index in [4.69, 9.17) is 4.74 Å². The van der Waals surface area contributed by atoms with Crippen LogP contribution in [0.15, 0.2) is 30.5 Å². The van der Waals surface area contributed by atoms with E-state index < -0.39 is 29.6 Å². The Labute approximate surface area is 156 Å². The summed E-state index contributed by atoms with van der Waals surface area (Å²) in [6, 6.07) is 5.42. The number of hydrogen-bond acceptors (Lipinski definition) is 4. The van der Waals surface area contributed by atoms with Crippen molar-refractivity contribution in [1.29, 1.82) is 0 Å². The van der Waals surface area contributed by atoms with Crippen LogP contribution in [0.2, 0.25) is 0 Å². The fourth-order valence-corrected chi connectivity index (χ4v) is 2.44. The lowest BCUT2D eigenvalue weighted by Crippen LogP contribution is -2.34. The summed E-state index contributed by atoms with van der Waals surface area (Å²) in [5.74, 6) is 0. The molecule has 0 fully saturated rings. The Hall–Kier alpha value is -2.64. The molecule has 2 heterocycles. The van der Waals surface area contributed by atoms with Gasteiger partial charge in [-0.05, 0) is 58.4 Å². The Bertz CT molecular complexity index is 830. The van der Waals surface area contributed by atoms with Crippen LogP contribution in [0, 0.1) is 6.92 Å². The van der Waals surface area contributed by atoms with E-state index in [1.807, 2.05) is 0 Å². The van der Waals surface area contributed by atoms with Crippen LogP contribution in [0.5, 0.6) is 0 Å². The molecule has 0 unspecified atom stereocenters. The minimum atomic E-state index is -4.51. The summed E-state index contributed by atoms with van der Waals surface area (Å²) in [4.78, 5) is 19.7. The molecule has 0 radical (unpaired) electrons. The highest BCUT2D eigenvalue weighted by molar-refractivity contribution is 5.69. The lowest BCUT2D eigenvalue weighted by Gasteiger charge is -2.22. The van der Waals surface area contributed by atoms with Crippen molar-refractivity contribution in [1.82, 2.24) is 15.3 Å². The average Bonchev–Trinajstić information content (AvgIpc) is 2.52. The van der Waals surface area contributed by atoms with Gasteiger partial charge in [0.15, 0.2) is 0 Å². The van der Waals surface area contributed by atoms with Crippen molar-refractivity contribution in [2.75, 3.05) is 0 Å². The van der Waals surface area contributed by atoms with Crippen molar-refractivity contribution in [3.63, 3.8) is 0 Å². The topological polar surface area (TPSA) is 64.1 Å². The van der Waals surface area contributed by atoms with Gasteiger partial charge < -0.3 is 10.1 Å². The summed E-state index contributed by atoms with van der Waals surface area (Å²) < 4.78 is 43.8. The van der Waals surface area contributed by atoms with Crippen molar-refractivity contribution >= 4 is 6.09 Å². The molecule has 0 saturated heterocycles. The molecule has 8 heteroatoms. The monoisotopic (exact) mass is 381 g/mol. The first-order valence-corrected chi connectivity index (χ1v) is 8.37. The quantitative estimate of drug-likeness (QED) is 0.807. The van der Waals surface area contributed by atoms with E-state index >= 15 is 0 Å². The zero-order valence-corrected chi connectivity index (χ0v) is 15.8. The van der Waals surface area contributed by atoms with Gasteiger partial charge in [-0.25, -0.2) is 4.79 Å². The third-order valence-electron chi connectivity index (χ3n) is 3.65. The molecular formula is C19H22F3N3O2. The molecule has 2 rings (SSSR count). The number of alkyl carbamates (subject to hydrolysis) is 1. The molecule has 2 aromatic heterocycles. The summed E-state index contributed by atoms with van der Waals surface area (Å²) >= 11 is 0. The van der Waals surface area contributed by atoms with Crippen LogP contribution in [0.3, 0.4) is 0 Å². The molecule has 1 N–H and O–H groups in total. The molecule has 2 aromatic rings. The number of halogens is 3. The Morgan fingerprint density at radius 3 is 2.41 bits per heavy atom. The number of carbonyl (C=O) groups is 1. The highest BCUT2D eigenvalue weighted by Gasteiger charge is 2.32. The second-order valence-electron chi connectivity index (χ2n) is 7.16. The highest BCUT2D eigenvalue weighted by Crippen LogP contribution is 2.31. The second-order valence-corrected chi connectivity index (χ2v) is 7.16. The van der Waals surface area contributed by atoms with Gasteiger partial charge >= 0.3 is 12.3 Å². The number of carbonyl (C=O) groups excluding carboxylic acids is 1. The summed E-state index contributed by atoms with van der Waals surface area (Å²) in [5.41, 5.74) is 0.493. The SMILES string of the molecule is Cc1nc([C@H](C)NC(=O)OC(C)(C)C)ccc1-c1ccnc(C(F)(F)F)c1. The number of nitrogens with one attached hydrogen (secondary N) is 1. The summed E-state index contributed by atoms with van der Waals surface area (Å²) in [7, 11) is 0. The molecular weight excluding hydrogens is 359 g/mol. The van der Waals surface area contributed by atoms with Crippen LogP contribution in [0.25, 0.3) is 11.1 Å². The van der Waals surface area contributed by atoms with Crippen LogP contribution < -0.4 is 5.32 Å². The fourth-order valence-electron chi connectivity index (χ4n) is 2.44. The van der Waals surface area contributed by atoms with Crippen LogP contribution in [-0.2, 0) is 10.9 Å². The van der Waals surface area contributed by atoms with Gasteiger partial charge in [0.1, 0.15) is 11.3 Å². The lowest BCUT2D eigenvalue weighted by atomic mass is 10.0. The van der Waals surface area contributed by atoms with Crippen molar-refractivity contribution in [2.24, 2.45) is 0 Å². The fraction of sp³-hybridized carbons (Fsp3) is 0.421.